The summed E-state index contributed by atoms with van der Waals surface area (Å²) in [6, 6.07) is 8.31. The minimum atomic E-state index is -0.264. The fourth-order valence-corrected chi connectivity index (χ4v) is 2.37. The minimum absolute atomic E-state index is 0.179. The van der Waals surface area contributed by atoms with E-state index in [1.807, 2.05) is 6.92 Å². The van der Waals surface area contributed by atoms with Crippen molar-refractivity contribution >= 4 is 23.4 Å². The fraction of sp³-hybridized carbons (Fsp3) is 0.0909. The normalized spacial score (nSPS) is 10.4. The lowest BCUT2D eigenvalue weighted by atomic mass is 10.3. The van der Waals surface area contributed by atoms with Gasteiger partial charge < -0.3 is 0 Å². The standard InChI is InChI=1S/C11H8ClFN2S/c1-7-6-10(15-11(12)14-7)16-9-5-3-2-4-8(9)13/h2-6H,1H3. The number of benzene rings is 1. The third kappa shape index (κ3) is 2.71. The van der Waals surface area contributed by atoms with Crippen LogP contribution >= 0.6 is 23.4 Å². The van der Waals surface area contributed by atoms with Crippen LogP contribution < -0.4 is 0 Å². The molecule has 0 aliphatic carbocycles. The molecule has 0 aliphatic rings. The monoisotopic (exact) mass is 254 g/mol. The molecule has 0 spiro atoms. The van der Waals surface area contributed by atoms with E-state index >= 15 is 0 Å². The largest absolute Gasteiger partial charge is 0.223 e. The van der Waals surface area contributed by atoms with E-state index < -0.39 is 0 Å². The zero-order valence-electron chi connectivity index (χ0n) is 8.45. The molecule has 16 heavy (non-hydrogen) atoms. The number of rotatable bonds is 2. The van der Waals surface area contributed by atoms with Crippen LogP contribution in [0.1, 0.15) is 5.69 Å². The average molecular weight is 255 g/mol. The lowest BCUT2D eigenvalue weighted by Gasteiger charge is -2.03. The maximum Gasteiger partial charge on any atom is 0.223 e. The van der Waals surface area contributed by atoms with Crippen LogP contribution in [0.3, 0.4) is 0 Å². The first kappa shape index (κ1) is 11.4. The second kappa shape index (κ2) is 4.80. The molecule has 0 unspecified atom stereocenters. The summed E-state index contributed by atoms with van der Waals surface area (Å²) in [5.41, 5.74) is 0.763. The highest BCUT2D eigenvalue weighted by Crippen LogP contribution is 2.28. The predicted molar refractivity (Wildman–Crippen MR) is 62.3 cm³/mol. The Hall–Kier alpha value is -1.13. The highest BCUT2D eigenvalue weighted by atomic mass is 35.5. The number of hydrogen-bond donors (Lipinski definition) is 0. The van der Waals surface area contributed by atoms with Gasteiger partial charge in [0.15, 0.2) is 0 Å². The number of aromatic nitrogens is 2. The number of aryl methyl sites for hydroxylation is 1. The fourth-order valence-electron chi connectivity index (χ4n) is 1.20. The number of halogens is 2. The molecule has 1 aromatic carbocycles. The van der Waals surface area contributed by atoms with Gasteiger partial charge in [0.1, 0.15) is 10.8 Å². The SMILES string of the molecule is Cc1cc(Sc2ccccc2F)nc(Cl)n1. The molecule has 0 atom stereocenters. The van der Waals surface area contributed by atoms with E-state index in [0.717, 1.165) is 5.69 Å². The van der Waals surface area contributed by atoms with Crippen LogP contribution in [0.4, 0.5) is 4.39 Å². The minimum Gasteiger partial charge on any atom is -0.223 e. The predicted octanol–water partition coefficient (Wildman–Crippen LogP) is 3.73. The molecule has 1 aromatic heterocycles. The molecule has 0 saturated heterocycles. The van der Waals surface area contributed by atoms with E-state index in [1.165, 1.54) is 17.8 Å². The molecule has 2 rings (SSSR count). The van der Waals surface area contributed by atoms with Crippen molar-refractivity contribution in [2.75, 3.05) is 0 Å². The van der Waals surface area contributed by atoms with E-state index in [0.29, 0.717) is 9.92 Å². The lowest BCUT2D eigenvalue weighted by Crippen LogP contribution is -1.89. The Labute approximate surface area is 102 Å². The average Bonchev–Trinajstić information content (AvgIpc) is 2.20. The summed E-state index contributed by atoms with van der Waals surface area (Å²) in [4.78, 5) is 8.49. The summed E-state index contributed by atoms with van der Waals surface area (Å²) in [5.74, 6) is -0.264. The molecular formula is C11H8ClFN2S. The Balaban J connectivity index is 2.30. The van der Waals surface area contributed by atoms with Crippen molar-refractivity contribution in [3.05, 3.63) is 47.1 Å². The van der Waals surface area contributed by atoms with Crippen molar-refractivity contribution in [3.63, 3.8) is 0 Å². The van der Waals surface area contributed by atoms with E-state index in [1.54, 1.807) is 24.3 Å². The molecule has 0 aliphatic heterocycles. The van der Waals surface area contributed by atoms with Crippen molar-refractivity contribution in [1.82, 2.24) is 9.97 Å². The van der Waals surface area contributed by atoms with Crippen molar-refractivity contribution in [3.8, 4) is 0 Å². The molecule has 82 valence electrons. The molecule has 2 aromatic rings. The van der Waals surface area contributed by atoms with Crippen molar-refractivity contribution in [2.45, 2.75) is 16.8 Å². The van der Waals surface area contributed by atoms with Crippen molar-refractivity contribution in [1.29, 1.82) is 0 Å². The van der Waals surface area contributed by atoms with Crippen molar-refractivity contribution in [2.24, 2.45) is 0 Å². The van der Waals surface area contributed by atoms with Crippen LogP contribution in [0.15, 0.2) is 40.3 Å². The van der Waals surface area contributed by atoms with Gasteiger partial charge in [-0.2, -0.15) is 0 Å². The van der Waals surface area contributed by atoms with Crippen LogP contribution in [-0.4, -0.2) is 9.97 Å². The summed E-state index contributed by atoms with van der Waals surface area (Å²) in [6.07, 6.45) is 0. The van der Waals surface area contributed by atoms with Gasteiger partial charge in [-0.3, -0.25) is 0 Å². The summed E-state index contributed by atoms with van der Waals surface area (Å²) >= 11 is 6.96. The first-order valence-corrected chi connectivity index (χ1v) is 5.78. The van der Waals surface area contributed by atoms with Crippen LogP contribution in [0.25, 0.3) is 0 Å². The van der Waals surface area contributed by atoms with Crippen LogP contribution in [0.5, 0.6) is 0 Å². The molecule has 0 fully saturated rings. The Bertz CT molecular complexity index is 499. The topological polar surface area (TPSA) is 25.8 Å². The molecule has 5 heteroatoms. The molecule has 0 amide bonds. The quantitative estimate of drug-likeness (QED) is 0.603. The Morgan fingerprint density at radius 2 is 2.00 bits per heavy atom. The van der Waals surface area contributed by atoms with Gasteiger partial charge in [0.25, 0.3) is 0 Å². The molecular weight excluding hydrogens is 247 g/mol. The third-order valence-corrected chi connectivity index (χ3v) is 2.99. The highest BCUT2D eigenvalue weighted by Gasteiger charge is 2.06. The molecule has 2 nitrogen and oxygen atoms in total. The van der Waals surface area contributed by atoms with Gasteiger partial charge in [0.2, 0.25) is 5.28 Å². The summed E-state index contributed by atoms with van der Waals surface area (Å²) in [5, 5.41) is 0.821. The maximum absolute atomic E-state index is 13.4. The molecule has 1 heterocycles. The first-order chi connectivity index (χ1) is 7.65. The Morgan fingerprint density at radius 1 is 1.25 bits per heavy atom. The maximum atomic E-state index is 13.4. The third-order valence-electron chi connectivity index (χ3n) is 1.85. The van der Waals surface area contributed by atoms with Gasteiger partial charge in [0, 0.05) is 10.6 Å². The van der Waals surface area contributed by atoms with Gasteiger partial charge in [0.05, 0.1) is 0 Å². The van der Waals surface area contributed by atoms with Crippen LogP contribution in [0.2, 0.25) is 5.28 Å². The Morgan fingerprint density at radius 3 is 2.69 bits per heavy atom. The van der Waals surface area contributed by atoms with Gasteiger partial charge in [-0.05, 0) is 36.7 Å². The Kier molecular flexibility index (Phi) is 3.41. The van der Waals surface area contributed by atoms with Gasteiger partial charge in [-0.25, -0.2) is 14.4 Å². The molecule has 0 N–H and O–H groups in total. The summed E-state index contributed by atoms with van der Waals surface area (Å²) in [7, 11) is 0. The van der Waals surface area contributed by atoms with Crippen molar-refractivity contribution < 1.29 is 4.39 Å². The molecule has 0 saturated carbocycles. The number of nitrogens with zero attached hydrogens (tertiary/aromatic N) is 2. The first-order valence-electron chi connectivity index (χ1n) is 4.59. The van der Waals surface area contributed by atoms with Crippen LogP contribution in [-0.2, 0) is 0 Å². The highest BCUT2D eigenvalue weighted by molar-refractivity contribution is 7.99. The van der Waals surface area contributed by atoms with E-state index in [2.05, 4.69) is 9.97 Å². The smallest absolute Gasteiger partial charge is 0.223 e. The molecule has 0 radical (unpaired) electrons. The zero-order chi connectivity index (χ0) is 11.5. The van der Waals surface area contributed by atoms with Crippen LogP contribution in [0, 0.1) is 12.7 Å². The van der Waals surface area contributed by atoms with E-state index in [4.69, 9.17) is 11.6 Å². The summed E-state index contributed by atoms with van der Waals surface area (Å²) < 4.78 is 13.4. The van der Waals surface area contributed by atoms with E-state index in [9.17, 15) is 4.39 Å². The second-order valence-electron chi connectivity index (χ2n) is 3.15. The van der Waals surface area contributed by atoms with E-state index in [-0.39, 0.29) is 11.1 Å². The lowest BCUT2D eigenvalue weighted by molar-refractivity contribution is 0.602. The number of hydrogen-bond acceptors (Lipinski definition) is 3. The summed E-state index contributed by atoms with van der Waals surface area (Å²) in [6.45, 7) is 1.82. The van der Waals surface area contributed by atoms with Gasteiger partial charge in [-0.1, -0.05) is 23.9 Å². The second-order valence-corrected chi connectivity index (χ2v) is 4.55. The van der Waals surface area contributed by atoms with Gasteiger partial charge in [-0.15, -0.1) is 0 Å². The molecule has 0 bridgehead atoms. The van der Waals surface area contributed by atoms with Gasteiger partial charge >= 0.3 is 0 Å². The zero-order valence-corrected chi connectivity index (χ0v) is 10.0.